The van der Waals surface area contributed by atoms with Gasteiger partial charge in [0, 0.05) is 45.5 Å². The van der Waals surface area contributed by atoms with E-state index in [4.69, 9.17) is 0 Å². The summed E-state index contributed by atoms with van der Waals surface area (Å²) in [6.07, 6.45) is 0. The monoisotopic (exact) mass is 511 g/mol. The Morgan fingerprint density at radius 3 is 2.31 bits per heavy atom. The van der Waals surface area contributed by atoms with Crippen LogP contribution in [0.15, 0.2) is 59.6 Å². The van der Waals surface area contributed by atoms with E-state index in [1.165, 1.54) is 29.8 Å². The van der Waals surface area contributed by atoms with Crippen LogP contribution in [0.5, 0.6) is 0 Å². The molecule has 3 rings (SSSR count). The van der Waals surface area contributed by atoms with Gasteiger partial charge in [0.15, 0.2) is 5.96 Å². The van der Waals surface area contributed by atoms with Gasteiger partial charge in [-0.1, -0.05) is 30.3 Å². The third kappa shape index (κ3) is 7.28. The van der Waals surface area contributed by atoms with Crippen molar-refractivity contribution in [1.29, 1.82) is 0 Å². The van der Waals surface area contributed by atoms with E-state index >= 15 is 0 Å². The fraction of sp³-hybridized carbons (Fsp3) is 0.333. The van der Waals surface area contributed by atoms with Crippen LogP contribution in [0.1, 0.15) is 5.56 Å². The number of nitrogens with zero attached hydrogens (tertiary/aromatic N) is 3. The molecular formula is C21H27FIN5O. The van der Waals surface area contributed by atoms with Gasteiger partial charge in [0.25, 0.3) is 0 Å². The number of carbonyl (C=O) groups excluding carboxylic acids is 1. The number of anilines is 1. The highest BCUT2D eigenvalue weighted by Crippen LogP contribution is 2.09. The quantitative estimate of drug-likeness (QED) is 0.369. The zero-order valence-electron chi connectivity index (χ0n) is 16.5. The molecule has 1 saturated heterocycles. The van der Waals surface area contributed by atoms with Gasteiger partial charge < -0.3 is 15.5 Å². The van der Waals surface area contributed by atoms with Gasteiger partial charge in [-0.25, -0.2) is 4.39 Å². The van der Waals surface area contributed by atoms with E-state index in [2.05, 4.69) is 49.7 Å². The van der Waals surface area contributed by atoms with Crippen molar-refractivity contribution in [2.75, 3.05) is 45.1 Å². The molecule has 0 saturated carbocycles. The first-order chi connectivity index (χ1) is 13.6. The zero-order valence-corrected chi connectivity index (χ0v) is 18.8. The first kappa shape index (κ1) is 23.1. The van der Waals surface area contributed by atoms with Crippen molar-refractivity contribution in [3.8, 4) is 0 Å². The molecule has 6 nitrogen and oxygen atoms in total. The predicted octanol–water partition coefficient (Wildman–Crippen LogP) is 2.78. The second kappa shape index (κ2) is 11.7. The molecule has 1 amide bonds. The van der Waals surface area contributed by atoms with Crippen molar-refractivity contribution in [2.45, 2.75) is 6.54 Å². The van der Waals surface area contributed by atoms with E-state index < -0.39 is 0 Å². The van der Waals surface area contributed by atoms with Crippen LogP contribution in [0.25, 0.3) is 0 Å². The van der Waals surface area contributed by atoms with Crippen LogP contribution in [0.2, 0.25) is 0 Å². The first-order valence-electron chi connectivity index (χ1n) is 9.41. The minimum absolute atomic E-state index is 0. The van der Waals surface area contributed by atoms with Gasteiger partial charge >= 0.3 is 0 Å². The summed E-state index contributed by atoms with van der Waals surface area (Å²) in [6, 6.07) is 16.2. The summed E-state index contributed by atoms with van der Waals surface area (Å²) >= 11 is 0. The average molecular weight is 511 g/mol. The average Bonchev–Trinajstić information content (AvgIpc) is 2.72. The van der Waals surface area contributed by atoms with Crippen LogP contribution in [0.4, 0.5) is 10.1 Å². The standard InChI is InChI=1S/C21H26FN5O.HI/c1-23-21(24-15-20(28)25-19-9-7-18(22)8-10-19)27-13-11-26(12-14-27)16-17-5-3-2-4-6-17;/h2-10H,11-16H2,1H3,(H,23,24)(H,25,28);1H. The molecule has 0 radical (unpaired) electrons. The van der Waals surface area contributed by atoms with Crippen LogP contribution in [0.3, 0.4) is 0 Å². The third-order valence-electron chi connectivity index (χ3n) is 4.67. The van der Waals surface area contributed by atoms with Crippen molar-refractivity contribution >= 4 is 41.5 Å². The number of carbonyl (C=O) groups is 1. The number of aliphatic imine (C=N–C) groups is 1. The van der Waals surface area contributed by atoms with Crippen LogP contribution in [-0.2, 0) is 11.3 Å². The highest BCUT2D eigenvalue weighted by atomic mass is 127. The number of rotatable bonds is 5. The number of benzene rings is 2. The topological polar surface area (TPSA) is 60.0 Å². The maximum Gasteiger partial charge on any atom is 0.243 e. The summed E-state index contributed by atoms with van der Waals surface area (Å²) in [5.74, 6) is 0.187. The van der Waals surface area contributed by atoms with Crippen molar-refractivity contribution in [1.82, 2.24) is 15.1 Å². The fourth-order valence-electron chi connectivity index (χ4n) is 3.19. The van der Waals surface area contributed by atoms with E-state index in [0.717, 1.165) is 32.7 Å². The molecule has 1 aliphatic heterocycles. The Kier molecular flexibility index (Phi) is 9.33. The summed E-state index contributed by atoms with van der Waals surface area (Å²) in [5, 5.41) is 5.84. The van der Waals surface area contributed by atoms with E-state index in [1.54, 1.807) is 7.05 Å². The Bertz CT molecular complexity index is 792. The Morgan fingerprint density at radius 1 is 1.03 bits per heavy atom. The molecule has 156 valence electrons. The lowest BCUT2D eigenvalue weighted by molar-refractivity contribution is -0.115. The van der Waals surface area contributed by atoms with E-state index in [0.29, 0.717) is 11.6 Å². The normalized spacial score (nSPS) is 14.8. The Labute approximate surface area is 188 Å². The molecule has 0 bridgehead atoms. The summed E-state index contributed by atoms with van der Waals surface area (Å²) in [6.45, 7) is 4.64. The van der Waals surface area contributed by atoms with Crippen LogP contribution in [-0.4, -0.2) is 61.4 Å². The van der Waals surface area contributed by atoms with Crippen LogP contribution >= 0.6 is 24.0 Å². The maximum atomic E-state index is 12.9. The van der Waals surface area contributed by atoms with Gasteiger partial charge in [0.05, 0.1) is 6.54 Å². The Balaban J connectivity index is 0.00000300. The summed E-state index contributed by atoms with van der Waals surface area (Å²) < 4.78 is 12.9. The van der Waals surface area contributed by atoms with Gasteiger partial charge in [0.1, 0.15) is 5.82 Å². The number of hydrogen-bond acceptors (Lipinski definition) is 3. The molecule has 1 heterocycles. The summed E-state index contributed by atoms with van der Waals surface area (Å²) in [4.78, 5) is 21.0. The van der Waals surface area contributed by atoms with Crippen LogP contribution in [0, 0.1) is 5.82 Å². The van der Waals surface area contributed by atoms with Crippen LogP contribution < -0.4 is 10.6 Å². The van der Waals surface area contributed by atoms with Gasteiger partial charge in [0.2, 0.25) is 5.91 Å². The minimum atomic E-state index is -0.331. The predicted molar refractivity (Wildman–Crippen MR) is 125 cm³/mol. The number of hydrogen-bond donors (Lipinski definition) is 2. The Hall–Kier alpha value is -2.20. The summed E-state index contributed by atoms with van der Waals surface area (Å²) in [5.41, 5.74) is 1.88. The molecule has 2 N–H and O–H groups in total. The second-order valence-electron chi connectivity index (χ2n) is 6.70. The van der Waals surface area contributed by atoms with Crippen molar-refractivity contribution in [3.63, 3.8) is 0 Å². The van der Waals surface area contributed by atoms with Gasteiger partial charge in [-0.05, 0) is 29.8 Å². The largest absolute Gasteiger partial charge is 0.347 e. The molecule has 2 aromatic carbocycles. The molecule has 1 aliphatic rings. The molecule has 1 fully saturated rings. The van der Waals surface area contributed by atoms with Gasteiger partial charge in [-0.3, -0.25) is 14.7 Å². The lowest BCUT2D eigenvalue weighted by Crippen LogP contribution is -2.53. The molecular weight excluding hydrogens is 484 g/mol. The van der Waals surface area contributed by atoms with E-state index in [1.807, 2.05) is 6.07 Å². The minimum Gasteiger partial charge on any atom is -0.347 e. The zero-order chi connectivity index (χ0) is 19.8. The van der Waals surface area contributed by atoms with E-state index in [9.17, 15) is 9.18 Å². The smallest absolute Gasteiger partial charge is 0.243 e. The second-order valence-corrected chi connectivity index (χ2v) is 6.70. The van der Waals surface area contributed by atoms with Crippen molar-refractivity contribution in [2.24, 2.45) is 4.99 Å². The van der Waals surface area contributed by atoms with E-state index in [-0.39, 0.29) is 42.2 Å². The van der Waals surface area contributed by atoms with Crippen molar-refractivity contribution in [3.05, 3.63) is 66.0 Å². The molecule has 0 unspecified atom stereocenters. The molecule has 2 aromatic rings. The fourth-order valence-corrected chi connectivity index (χ4v) is 3.19. The lowest BCUT2D eigenvalue weighted by Gasteiger charge is -2.36. The third-order valence-corrected chi connectivity index (χ3v) is 4.67. The molecule has 0 aliphatic carbocycles. The number of halogens is 2. The Morgan fingerprint density at radius 2 is 1.69 bits per heavy atom. The molecule has 29 heavy (non-hydrogen) atoms. The van der Waals surface area contributed by atoms with Gasteiger partial charge in [-0.2, -0.15) is 0 Å². The first-order valence-corrected chi connectivity index (χ1v) is 9.41. The highest BCUT2D eigenvalue weighted by molar-refractivity contribution is 14.0. The molecule has 0 aromatic heterocycles. The number of piperazine rings is 1. The van der Waals surface area contributed by atoms with Crippen molar-refractivity contribution < 1.29 is 9.18 Å². The number of guanidine groups is 1. The SMILES string of the molecule is CN=C(NCC(=O)Nc1ccc(F)cc1)N1CCN(Cc2ccccc2)CC1.I. The molecule has 0 atom stereocenters. The summed E-state index contributed by atoms with van der Waals surface area (Å²) in [7, 11) is 1.72. The molecule has 0 spiro atoms. The maximum absolute atomic E-state index is 12.9. The number of amides is 1. The lowest BCUT2D eigenvalue weighted by atomic mass is 10.2. The van der Waals surface area contributed by atoms with Gasteiger partial charge in [-0.15, -0.1) is 24.0 Å². The number of nitrogens with one attached hydrogen (secondary N) is 2. The molecule has 8 heteroatoms. The highest BCUT2D eigenvalue weighted by Gasteiger charge is 2.20.